The van der Waals surface area contributed by atoms with E-state index in [1.807, 2.05) is 24.3 Å². The van der Waals surface area contributed by atoms with Gasteiger partial charge in [-0.1, -0.05) is 24.3 Å². The number of hydrogen-bond acceptors (Lipinski definition) is 4. The van der Waals surface area contributed by atoms with Crippen LogP contribution in [0.4, 0.5) is 4.39 Å². The van der Waals surface area contributed by atoms with Gasteiger partial charge in [-0.25, -0.2) is 4.39 Å². The van der Waals surface area contributed by atoms with Crippen molar-refractivity contribution in [2.45, 2.75) is 12.5 Å². The van der Waals surface area contributed by atoms with Gasteiger partial charge < -0.3 is 9.64 Å². The lowest BCUT2D eigenvalue weighted by Crippen LogP contribution is -2.42. The molecule has 1 fully saturated rings. The molecule has 3 aromatic rings. The Kier molecular flexibility index (Phi) is 5.39. The van der Waals surface area contributed by atoms with E-state index in [2.05, 4.69) is 9.97 Å². The van der Waals surface area contributed by atoms with E-state index in [-0.39, 0.29) is 17.8 Å². The number of carbonyl (C=O) groups is 1. The maximum atomic E-state index is 13.9. The van der Waals surface area contributed by atoms with E-state index in [4.69, 9.17) is 4.74 Å². The summed E-state index contributed by atoms with van der Waals surface area (Å²) in [6.07, 6.45) is 3.31. The Bertz CT molecular complexity index is 965. The van der Waals surface area contributed by atoms with E-state index in [0.29, 0.717) is 37.2 Å². The number of nitrogens with zero attached hydrogens (tertiary/aromatic N) is 3. The highest BCUT2D eigenvalue weighted by atomic mass is 19.1. The Hall–Kier alpha value is -3.12. The quantitative estimate of drug-likeness (QED) is 0.699. The number of carbonyl (C=O) groups excluding carboxylic acids is 1. The number of ether oxygens (including phenoxy) is 1. The summed E-state index contributed by atoms with van der Waals surface area (Å²) in [6.45, 7) is 1.39. The average Bonchev–Trinajstić information content (AvgIpc) is 2.76. The van der Waals surface area contributed by atoms with Gasteiger partial charge in [-0.15, -0.1) is 0 Å². The second kappa shape index (κ2) is 8.27. The molecule has 1 aliphatic heterocycles. The number of aromatic nitrogens is 2. The Morgan fingerprint density at radius 2 is 2.04 bits per heavy atom. The minimum Gasteiger partial charge on any atom is -0.368 e. The molecule has 5 nitrogen and oxygen atoms in total. The number of hydrogen-bond donors (Lipinski definition) is 0. The van der Waals surface area contributed by atoms with Crippen LogP contribution in [0.3, 0.4) is 0 Å². The van der Waals surface area contributed by atoms with Gasteiger partial charge in [0.15, 0.2) is 0 Å². The van der Waals surface area contributed by atoms with Crippen LogP contribution >= 0.6 is 0 Å². The second-order valence-corrected chi connectivity index (χ2v) is 6.67. The highest BCUT2D eigenvalue weighted by Gasteiger charge is 2.27. The highest BCUT2D eigenvalue weighted by Crippen LogP contribution is 2.23. The maximum absolute atomic E-state index is 13.9. The van der Waals surface area contributed by atoms with E-state index in [0.717, 1.165) is 11.4 Å². The van der Waals surface area contributed by atoms with E-state index < -0.39 is 0 Å². The van der Waals surface area contributed by atoms with Gasteiger partial charge >= 0.3 is 0 Å². The van der Waals surface area contributed by atoms with Gasteiger partial charge in [0.1, 0.15) is 11.9 Å². The molecule has 0 radical (unpaired) electrons. The summed E-state index contributed by atoms with van der Waals surface area (Å²) in [5, 5.41) is 0. The van der Waals surface area contributed by atoms with Crippen molar-refractivity contribution < 1.29 is 13.9 Å². The zero-order valence-corrected chi connectivity index (χ0v) is 15.3. The fraction of sp³-hybridized carbons (Fsp3) is 0.227. The molecule has 142 valence electrons. The first kappa shape index (κ1) is 18.3. The van der Waals surface area contributed by atoms with Crippen molar-refractivity contribution in [3.8, 4) is 0 Å². The van der Waals surface area contributed by atoms with Gasteiger partial charge in [0.2, 0.25) is 0 Å². The van der Waals surface area contributed by atoms with Gasteiger partial charge in [0.25, 0.3) is 5.91 Å². The van der Waals surface area contributed by atoms with Crippen LogP contribution < -0.4 is 0 Å². The Morgan fingerprint density at radius 3 is 2.86 bits per heavy atom. The molecule has 3 heterocycles. The number of morpholine rings is 1. The van der Waals surface area contributed by atoms with E-state index in [9.17, 15) is 9.18 Å². The Labute approximate surface area is 162 Å². The van der Waals surface area contributed by atoms with Crippen molar-refractivity contribution in [2.24, 2.45) is 0 Å². The third-order valence-corrected chi connectivity index (χ3v) is 4.75. The first-order valence-corrected chi connectivity index (χ1v) is 9.21. The zero-order valence-electron chi connectivity index (χ0n) is 15.3. The first-order valence-electron chi connectivity index (χ1n) is 9.21. The van der Waals surface area contributed by atoms with Crippen LogP contribution in [0.1, 0.15) is 33.4 Å². The van der Waals surface area contributed by atoms with E-state index in [1.165, 1.54) is 6.07 Å². The van der Waals surface area contributed by atoms with Gasteiger partial charge in [0, 0.05) is 31.1 Å². The minimum atomic E-state index is -0.310. The molecule has 0 saturated carbocycles. The number of pyridine rings is 2. The molecule has 2 aromatic heterocycles. The normalized spacial score (nSPS) is 16.8. The number of halogens is 1. The Balaban J connectivity index is 1.49. The van der Waals surface area contributed by atoms with Crippen molar-refractivity contribution in [1.29, 1.82) is 0 Å². The van der Waals surface area contributed by atoms with Crippen LogP contribution in [0.5, 0.6) is 0 Å². The number of amides is 1. The summed E-state index contributed by atoms with van der Waals surface area (Å²) in [7, 11) is 0. The molecule has 1 unspecified atom stereocenters. The molecule has 0 spiro atoms. The highest BCUT2D eigenvalue weighted by molar-refractivity contribution is 5.93. The van der Waals surface area contributed by atoms with Gasteiger partial charge in [0.05, 0.1) is 24.4 Å². The molecule has 0 N–H and O–H groups in total. The maximum Gasteiger partial charge on any atom is 0.255 e. The molecule has 1 atom stereocenters. The number of rotatable bonds is 4. The minimum absolute atomic E-state index is 0.0658. The molecule has 28 heavy (non-hydrogen) atoms. The molecular formula is C22H20FN3O2. The summed E-state index contributed by atoms with van der Waals surface area (Å²) in [5.41, 5.74) is 2.67. The second-order valence-electron chi connectivity index (χ2n) is 6.67. The predicted octanol–water partition coefficient (Wildman–Crippen LogP) is 3.42. The lowest BCUT2D eigenvalue weighted by molar-refractivity contribution is -0.0248. The van der Waals surface area contributed by atoms with Crippen molar-refractivity contribution in [1.82, 2.24) is 14.9 Å². The summed E-state index contributed by atoms with van der Waals surface area (Å²) in [5.74, 6) is -0.305. The van der Waals surface area contributed by atoms with Crippen molar-refractivity contribution in [3.05, 3.63) is 95.3 Å². The molecule has 1 saturated heterocycles. The standard InChI is InChI=1S/C22H20FN3O2/c23-19-8-2-1-5-16(19)13-18-7-3-9-20(25-18)21-15-26(11-12-28-21)22(27)17-6-4-10-24-14-17/h1-10,14,21H,11-13,15H2. The lowest BCUT2D eigenvalue weighted by atomic mass is 10.1. The van der Waals surface area contributed by atoms with Crippen molar-refractivity contribution in [3.63, 3.8) is 0 Å². The molecule has 6 heteroatoms. The smallest absolute Gasteiger partial charge is 0.255 e. The molecule has 4 rings (SSSR count). The third-order valence-electron chi connectivity index (χ3n) is 4.75. The van der Waals surface area contributed by atoms with Crippen LogP contribution in [0.25, 0.3) is 0 Å². The summed E-state index contributed by atoms with van der Waals surface area (Å²) >= 11 is 0. The van der Waals surface area contributed by atoms with Crippen LogP contribution in [0.15, 0.2) is 67.0 Å². The van der Waals surface area contributed by atoms with E-state index in [1.54, 1.807) is 41.6 Å². The topological polar surface area (TPSA) is 55.3 Å². The van der Waals surface area contributed by atoms with Gasteiger partial charge in [-0.05, 0) is 35.9 Å². The average molecular weight is 377 g/mol. The summed E-state index contributed by atoms with van der Waals surface area (Å²) in [4.78, 5) is 23.1. The van der Waals surface area contributed by atoms with E-state index >= 15 is 0 Å². The van der Waals surface area contributed by atoms with Crippen LogP contribution in [0, 0.1) is 5.82 Å². The van der Waals surface area contributed by atoms with Crippen molar-refractivity contribution >= 4 is 5.91 Å². The van der Waals surface area contributed by atoms with Crippen LogP contribution in [-0.2, 0) is 11.2 Å². The molecule has 1 aliphatic rings. The van der Waals surface area contributed by atoms with Crippen LogP contribution in [0.2, 0.25) is 0 Å². The lowest BCUT2D eigenvalue weighted by Gasteiger charge is -2.32. The number of benzene rings is 1. The molecular weight excluding hydrogens is 357 g/mol. The van der Waals surface area contributed by atoms with Gasteiger partial charge in [-0.2, -0.15) is 0 Å². The fourth-order valence-electron chi connectivity index (χ4n) is 3.30. The largest absolute Gasteiger partial charge is 0.368 e. The molecule has 1 amide bonds. The molecule has 0 bridgehead atoms. The molecule has 0 aliphatic carbocycles. The van der Waals surface area contributed by atoms with Crippen LogP contribution in [-0.4, -0.2) is 40.5 Å². The predicted molar refractivity (Wildman–Crippen MR) is 102 cm³/mol. The van der Waals surface area contributed by atoms with Crippen molar-refractivity contribution in [2.75, 3.05) is 19.7 Å². The molecule has 1 aromatic carbocycles. The third kappa shape index (κ3) is 4.07. The zero-order chi connectivity index (χ0) is 19.3. The summed E-state index contributed by atoms with van der Waals surface area (Å²) < 4.78 is 19.8. The monoisotopic (exact) mass is 377 g/mol. The SMILES string of the molecule is O=C(c1cccnc1)N1CCOC(c2cccc(Cc3ccccc3F)n2)C1. The fourth-order valence-corrected chi connectivity index (χ4v) is 3.30. The van der Waals surface area contributed by atoms with Gasteiger partial charge in [-0.3, -0.25) is 14.8 Å². The summed E-state index contributed by atoms with van der Waals surface area (Å²) in [6, 6.07) is 15.8. The Morgan fingerprint density at radius 1 is 1.14 bits per heavy atom. The first-order chi connectivity index (χ1) is 13.7.